The number of thiophene rings is 1. The second-order valence-electron chi connectivity index (χ2n) is 5.11. The highest BCUT2D eigenvalue weighted by molar-refractivity contribution is 7.11. The van der Waals surface area contributed by atoms with Crippen molar-refractivity contribution in [3.05, 3.63) is 44.7 Å². The molecule has 8 heteroatoms. The van der Waals surface area contributed by atoms with Crippen molar-refractivity contribution in [1.82, 2.24) is 4.68 Å². The standard InChI is InChI=1S/C18H19N3O3S2/c1-19-18-21(20-10-13-6-5-7-25-13)14(11-26-18)12-8-15(22-2)17(24-4)16(9-12)23-3/h5-11H,1-4H3. The summed E-state index contributed by atoms with van der Waals surface area (Å²) in [5.74, 6) is 1.75. The number of ether oxygens (including phenoxy) is 3. The normalized spacial score (nSPS) is 11.9. The zero-order chi connectivity index (χ0) is 18.5. The van der Waals surface area contributed by atoms with Crippen molar-refractivity contribution in [2.45, 2.75) is 0 Å². The van der Waals surface area contributed by atoms with Crippen molar-refractivity contribution in [3.8, 4) is 28.5 Å². The Morgan fingerprint density at radius 2 is 1.77 bits per heavy atom. The monoisotopic (exact) mass is 389 g/mol. The Bertz CT molecular complexity index is 947. The van der Waals surface area contributed by atoms with Gasteiger partial charge in [-0.3, -0.25) is 4.99 Å². The van der Waals surface area contributed by atoms with Gasteiger partial charge in [-0.1, -0.05) is 6.07 Å². The molecule has 0 spiro atoms. The van der Waals surface area contributed by atoms with Crippen LogP contribution in [0.2, 0.25) is 0 Å². The molecular weight excluding hydrogens is 370 g/mol. The molecule has 3 rings (SSSR count). The van der Waals surface area contributed by atoms with Gasteiger partial charge in [0.1, 0.15) is 0 Å². The first kappa shape index (κ1) is 18.2. The van der Waals surface area contributed by atoms with E-state index in [1.807, 2.05) is 45.9 Å². The van der Waals surface area contributed by atoms with Gasteiger partial charge < -0.3 is 14.2 Å². The Hall–Kier alpha value is -2.58. The summed E-state index contributed by atoms with van der Waals surface area (Å²) in [7, 11) is 6.54. The lowest BCUT2D eigenvalue weighted by molar-refractivity contribution is 0.324. The summed E-state index contributed by atoms with van der Waals surface area (Å²) in [6.45, 7) is 0. The van der Waals surface area contributed by atoms with E-state index < -0.39 is 0 Å². The summed E-state index contributed by atoms with van der Waals surface area (Å²) in [4.78, 5) is 6.18. The maximum Gasteiger partial charge on any atom is 0.205 e. The highest BCUT2D eigenvalue weighted by Crippen LogP contribution is 2.41. The van der Waals surface area contributed by atoms with E-state index in [0.717, 1.165) is 20.9 Å². The van der Waals surface area contributed by atoms with Crippen LogP contribution in [-0.2, 0) is 0 Å². The van der Waals surface area contributed by atoms with Crippen LogP contribution in [0, 0.1) is 0 Å². The Kier molecular flexibility index (Phi) is 5.75. The first-order valence-corrected chi connectivity index (χ1v) is 9.49. The fraction of sp³-hybridized carbons (Fsp3) is 0.222. The lowest BCUT2D eigenvalue weighted by atomic mass is 10.1. The smallest absolute Gasteiger partial charge is 0.205 e. The molecule has 0 unspecified atom stereocenters. The molecule has 0 amide bonds. The molecule has 0 atom stereocenters. The summed E-state index contributed by atoms with van der Waals surface area (Å²) < 4.78 is 18.1. The number of rotatable bonds is 6. The third-order valence-electron chi connectivity index (χ3n) is 3.68. The van der Waals surface area contributed by atoms with Gasteiger partial charge >= 0.3 is 0 Å². The highest BCUT2D eigenvalue weighted by atomic mass is 32.1. The van der Waals surface area contributed by atoms with E-state index in [2.05, 4.69) is 10.1 Å². The lowest BCUT2D eigenvalue weighted by Crippen LogP contribution is -2.11. The second-order valence-corrected chi connectivity index (χ2v) is 6.93. The molecular formula is C18H19N3O3S2. The van der Waals surface area contributed by atoms with Crippen LogP contribution in [0.5, 0.6) is 17.2 Å². The van der Waals surface area contributed by atoms with Crippen molar-refractivity contribution in [3.63, 3.8) is 0 Å². The van der Waals surface area contributed by atoms with Gasteiger partial charge in [-0.25, -0.2) is 4.68 Å². The van der Waals surface area contributed by atoms with E-state index in [1.54, 1.807) is 39.7 Å². The molecule has 0 aliphatic heterocycles. The predicted octanol–water partition coefficient (Wildman–Crippen LogP) is 3.72. The number of hydrogen-bond acceptors (Lipinski definition) is 7. The molecule has 3 aromatic rings. The van der Waals surface area contributed by atoms with Crippen LogP contribution in [-0.4, -0.2) is 39.3 Å². The summed E-state index contributed by atoms with van der Waals surface area (Å²) in [6, 6.07) is 7.82. The van der Waals surface area contributed by atoms with Crippen molar-refractivity contribution in [2.75, 3.05) is 28.4 Å². The van der Waals surface area contributed by atoms with E-state index in [0.29, 0.717) is 17.2 Å². The van der Waals surface area contributed by atoms with Gasteiger partial charge in [0.05, 0.1) is 33.2 Å². The maximum absolute atomic E-state index is 5.46. The molecule has 6 nitrogen and oxygen atoms in total. The zero-order valence-electron chi connectivity index (χ0n) is 14.9. The minimum Gasteiger partial charge on any atom is -0.493 e. The minimum absolute atomic E-state index is 0.558. The van der Waals surface area contributed by atoms with E-state index in [9.17, 15) is 0 Å². The molecule has 26 heavy (non-hydrogen) atoms. The van der Waals surface area contributed by atoms with Crippen LogP contribution in [0.3, 0.4) is 0 Å². The number of nitrogens with zero attached hydrogens (tertiary/aromatic N) is 3. The quantitative estimate of drug-likeness (QED) is 0.604. The third-order valence-corrected chi connectivity index (χ3v) is 5.40. The van der Waals surface area contributed by atoms with Crippen molar-refractivity contribution in [2.24, 2.45) is 10.1 Å². The fourth-order valence-corrected chi connectivity index (χ4v) is 3.85. The van der Waals surface area contributed by atoms with Crippen LogP contribution >= 0.6 is 22.7 Å². The maximum atomic E-state index is 5.46. The number of hydrogen-bond donors (Lipinski definition) is 0. The zero-order valence-corrected chi connectivity index (χ0v) is 16.6. The van der Waals surface area contributed by atoms with Crippen molar-refractivity contribution in [1.29, 1.82) is 0 Å². The van der Waals surface area contributed by atoms with Gasteiger partial charge in [-0.05, 0) is 23.6 Å². The van der Waals surface area contributed by atoms with Gasteiger partial charge in [-0.2, -0.15) is 5.10 Å². The molecule has 0 fully saturated rings. The van der Waals surface area contributed by atoms with Crippen LogP contribution in [0.25, 0.3) is 11.3 Å². The Labute approximate surface area is 159 Å². The van der Waals surface area contributed by atoms with Crippen LogP contribution in [0.4, 0.5) is 0 Å². The van der Waals surface area contributed by atoms with Gasteiger partial charge in [0.15, 0.2) is 11.5 Å². The third kappa shape index (κ3) is 3.51. The van der Waals surface area contributed by atoms with Crippen LogP contribution in [0.1, 0.15) is 4.88 Å². The first-order chi connectivity index (χ1) is 12.7. The minimum atomic E-state index is 0.558. The van der Waals surface area contributed by atoms with Crippen molar-refractivity contribution >= 4 is 28.9 Å². The first-order valence-electron chi connectivity index (χ1n) is 7.73. The Balaban J connectivity index is 2.14. The summed E-state index contributed by atoms with van der Waals surface area (Å²) in [5, 5.41) is 8.64. The molecule has 2 heterocycles. The molecule has 0 aliphatic rings. The summed E-state index contributed by atoms with van der Waals surface area (Å²) in [5.41, 5.74) is 1.79. The highest BCUT2D eigenvalue weighted by Gasteiger charge is 2.16. The second kappa shape index (κ2) is 8.20. The number of methoxy groups -OCH3 is 3. The molecule has 2 aromatic heterocycles. The van der Waals surface area contributed by atoms with E-state index in [-0.39, 0.29) is 0 Å². The topological polar surface area (TPSA) is 57.3 Å². The molecule has 0 saturated heterocycles. The SMILES string of the molecule is CN=c1scc(-c2cc(OC)c(OC)c(OC)c2)n1N=Cc1cccs1. The fourth-order valence-electron chi connectivity index (χ4n) is 2.47. The largest absolute Gasteiger partial charge is 0.493 e. The molecule has 1 aromatic carbocycles. The molecule has 0 radical (unpaired) electrons. The lowest BCUT2D eigenvalue weighted by Gasteiger charge is -2.14. The molecule has 0 aliphatic carbocycles. The van der Waals surface area contributed by atoms with E-state index in [4.69, 9.17) is 14.2 Å². The number of aromatic nitrogens is 1. The number of benzene rings is 1. The molecule has 0 N–H and O–H groups in total. The van der Waals surface area contributed by atoms with Gasteiger partial charge in [-0.15, -0.1) is 22.7 Å². The van der Waals surface area contributed by atoms with Crippen LogP contribution < -0.4 is 19.0 Å². The molecule has 136 valence electrons. The van der Waals surface area contributed by atoms with E-state index in [1.165, 1.54) is 11.3 Å². The van der Waals surface area contributed by atoms with Crippen LogP contribution in [0.15, 0.2) is 45.1 Å². The van der Waals surface area contributed by atoms with Crippen molar-refractivity contribution < 1.29 is 14.2 Å². The summed E-state index contributed by atoms with van der Waals surface area (Å²) in [6.07, 6.45) is 1.83. The Morgan fingerprint density at radius 1 is 1.04 bits per heavy atom. The van der Waals surface area contributed by atoms with Gasteiger partial charge in [0, 0.05) is 22.9 Å². The van der Waals surface area contributed by atoms with Gasteiger partial charge in [0.25, 0.3) is 0 Å². The van der Waals surface area contributed by atoms with Gasteiger partial charge in [0.2, 0.25) is 10.6 Å². The predicted molar refractivity (Wildman–Crippen MR) is 106 cm³/mol. The molecule has 0 saturated carbocycles. The summed E-state index contributed by atoms with van der Waals surface area (Å²) >= 11 is 3.15. The Morgan fingerprint density at radius 3 is 2.31 bits per heavy atom. The average Bonchev–Trinajstić information content (AvgIpc) is 3.34. The van der Waals surface area contributed by atoms with E-state index >= 15 is 0 Å². The average molecular weight is 390 g/mol. The molecule has 0 bridgehead atoms. The number of thiazole rings is 1.